The number of hydrogen-bond donors (Lipinski definition) is 3. The quantitative estimate of drug-likeness (QED) is 0.0911. The summed E-state index contributed by atoms with van der Waals surface area (Å²) in [6, 6.07) is -1.48. The van der Waals surface area contributed by atoms with Crippen LogP contribution in [0, 0.1) is 35.5 Å². The molecule has 0 aromatic heterocycles. The van der Waals surface area contributed by atoms with Gasteiger partial charge in [0.1, 0.15) is 30.1 Å². The molecule has 1 saturated carbocycles. The summed E-state index contributed by atoms with van der Waals surface area (Å²) in [5, 5.41) is 25.8. The fourth-order valence-electron chi connectivity index (χ4n) is 10.8. The third-order valence-electron chi connectivity index (χ3n) is 15.5. The molecular formula is C55H88N2O13. The van der Waals surface area contributed by atoms with E-state index >= 15 is 0 Å². The van der Waals surface area contributed by atoms with Crippen LogP contribution in [0.4, 0.5) is 0 Å². The number of rotatable bonds is 9. The third kappa shape index (κ3) is 15.8. The lowest BCUT2D eigenvalue weighted by molar-refractivity contribution is -0.232. The molecule has 1 amide bonds. The fraction of sp³-hybridized carbons (Fsp3) is 0.764. The van der Waals surface area contributed by atoms with E-state index in [4.69, 9.17) is 28.4 Å². The van der Waals surface area contributed by atoms with Crippen LogP contribution in [0.1, 0.15) is 139 Å². The van der Waals surface area contributed by atoms with Gasteiger partial charge in [-0.25, -0.2) is 4.79 Å². The van der Waals surface area contributed by atoms with Gasteiger partial charge in [-0.05, 0) is 127 Å². The lowest BCUT2D eigenvalue weighted by atomic mass is 9.78. The van der Waals surface area contributed by atoms with E-state index in [1.807, 2.05) is 58.1 Å². The maximum Gasteiger partial charge on any atom is 0.329 e. The average Bonchev–Trinajstić information content (AvgIpc) is 3.33. The van der Waals surface area contributed by atoms with Crippen molar-refractivity contribution in [1.29, 1.82) is 0 Å². The molecular weight excluding hydrogens is 897 g/mol. The Kier molecular flexibility index (Phi) is 22.9. The molecule has 0 aromatic rings. The second kappa shape index (κ2) is 27.0. The molecule has 4 rings (SSSR count). The first-order chi connectivity index (χ1) is 33.0. The number of aliphatic hydroxyl groups excluding tert-OH is 1. The monoisotopic (exact) mass is 985 g/mol. The van der Waals surface area contributed by atoms with Crippen LogP contribution in [-0.2, 0) is 52.4 Å². The molecule has 2 saturated heterocycles. The number of nitrogens with one attached hydrogen (secondary N) is 1. The molecule has 3 heterocycles. The van der Waals surface area contributed by atoms with Gasteiger partial charge in [-0.1, -0.05) is 71.1 Å². The first-order valence-corrected chi connectivity index (χ1v) is 25.8. The van der Waals surface area contributed by atoms with E-state index in [1.165, 1.54) is 19.1 Å². The number of allylic oxidation sites excluding steroid dienone is 6. The zero-order chi connectivity index (χ0) is 52.1. The van der Waals surface area contributed by atoms with Crippen LogP contribution in [-0.4, -0.2) is 140 Å². The highest BCUT2D eigenvalue weighted by Gasteiger charge is 2.52. The van der Waals surface area contributed by atoms with Crippen molar-refractivity contribution in [2.45, 2.75) is 200 Å². The molecule has 1 aliphatic carbocycles. The molecule has 2 bridgehead atoms. The van der Waals surface area contributed by atoms with Gasteiger partial charge in [0.05, 0.1) is 18.3 Å². The summed E-state index contributed by atoms with van der Waals surface area (Å²) in [6.07, 6.45) is 13.2. The highest BCUT2D eigenvalue weighted by molar-refractivity contribution is 6.39. The topological polar surface area (TPSA) is 196 Å². The summed E-state index contributed by atoms with van der Waals surface area (Å²) in [5.41, 5.74) is -0.672. The summed E-state index contributed by atoms with van der Waals surface area (Å²) < 4.78 is 35.9. The number of ether oxygens (including phenoxy) is 6. The van der Waals surface area contributed by atoms with E-state index in [1.54, 1.807) is 54.9 Å². The molecule has 0 spiro atoms. The molecule has 3 fully saturated rings. The van der Waals surface area contributed by atoms with Crippen LogP contribution in [0.15, 0.2) is 47.6 Å². The maximum atomic E-state index is 14.5. The predicted molar refractivity (Wildman–Crippen MR) is 267 cm³/mol. The van der Waals surface area contributed by atoms with E-state index in [9.17, 15) is 34.2 Å². The average molecular weight is 985 g/mol. The summed E-state index contributed by atoms with van der Waals surface area (Å²) >= 11 is 0. The molecule has 70 heavy (non-hydrogen) atoms. The first-order valence-electron chi connectivity index (χ1n) is 25.8. The number of esters is 1. The molecule has 396 valence electrons. The predicted octanol–water partition coefficient (Wildman–Crippen LogP) is 7.16. The zero-order valence-electron chi connectivity index (χ0n) is 44.6. The molecule has 15 atom stereocenters. The number of amides is 1. The Bertz CT molecular complexity index is 1890. The standard InChI is InChI=1S/C55H88N2O13/c1-33-19-15-14-16-20-34(2)45(65-10)31-41-24-22-39(7)55(64,56-41)51(61)52(62)57-26-18-17-21-42(57)53(63)69-46(36(4)29-40-23-25-43(58)47(30-40)66-11)32-44(59)35(3)28-38(6)49(70-54(8,9)68-13)50(67-12)48(60)37(5)27-33/h14-16,19-20,28,33,35-37,39-43,45-47,49-50,56,58,64H,17-18,21-27,29-32H2,1-13H3/b16-14+,19-15-,34-20+,38-28+/t33-,35-,36-,37-,39-,40+,41+,42+,43-,45+,46+,47-,49-,50+,55+/m1/s1. The Morgan fingerprint density at radius 3 is 2.23 bits per heavy atom. The number of cyclic esters (lactones) is 1. The molecule has 15 heteroatoms. The number of nitrogens with zero attached hydrogens (tertiary/aromatic N) is 1. The lowest BCUT2D eigenvalue weighted by Crippen LogP contribution is -2.67. The summed E-state index contributed by atoms with van der Waals surface area (Å²) in [7, 11) is 6.18. The van der Waals surface area contributed by atoms with Crippen molar-refractivity contribution in [3.63, 3.8) is 0 Å². The van der Waals surface area contributed by atoms with Gasteiger partial charge < -0.3 is 43.5 Å². The molecule has 0 unspecified atom stereocenters. The molecule has 3 aliphatic heterocycles. The highest BCUT2D eigenvalue weighted by atomic mass is 16.7. The summed E-state index contributed by atoms with van der Waals surface area (Å²) in [6.45, 7) is 16.7. The molecule has 0 aromatic carbocycles. The van der Waals surface area contributed by atoms with Gasteiger partial charge in [0.2, 0.25) is 0 Å². The van der Waals surface area contributed by atoms with Crippen LogP contribution < -0.4 is 5.32 Å². The summed E-state index contributed by atoms with van der Waals surface area (Å²) in [4.78, 5) is 73.3. The van der Waals surface area contributed by atoms with E-state index in [0.717, 1.165) is 12.0 Å². The molecule has 15 nitrogen and oxygen atoms in total. The largest absolute Gasteiger partial charge is 0.460 e. The second-order valence-corrected chi connectivity index (χ2v) is 21.5. The number of ketones is 3. The van der Waals surface area contributed by atoms with Gasteiger partial charge in [-0.2, -0.15) is 0 Å². The van der Waals surface area contributed by atoms with Gasteiger partial charge in [-0.3, -0.25) is 24.5 Å². The van der Waals surface area contributed by atoms with E-state index in [-0.39, 0.29) is 67.0 Å². The maximum absolute atomic E-state index is 14.5. The number of methoxy groups -OCH3 is 4. The number of fused-ring (bicyclic) bond motifs is 3. The Morgan fingerprint density at radius 1 is 0.857 bits per heavy atom. The van der Waals surface area contributed by atoms with Gasteiger partial charge in [0.25, 0.3) is 11.7 Å². The van der Waals surface area contributed by atoms with Crippen molar-refractivity contribution >= 4 is 29.2 Å². The first kappa shape index (κ1) is 59.2. The van der Waals surface area contributed by atoms with Gasteiger partial charge in [0, 0.05) is 65.2 Å². The third-order valence-corrected chi connectivity index (χ3v) is 15.5. The van der Waals surface area contributed by atoms with Crippen molar-refractivity contribution in [3.05, 3.63) is 47.6 Å². The number of carbonyl (C=O) groups is 5. The molecule has 3 N–H and O–H groups in total. The van der Waals surface area contributed by atoms with Crippen molar-refractivity contribution in [2.24, 2.45) is 35.5 Å². The van der Waals surface area contributed by atoms with Crippen molar-refractivity contribution in [2.75, 3.05) is 35.0 Å². The SMILES string of the molecule is CO[C@H]1C[C@@H]2CC[C@@H](C)[C@@](O)(N2)C(=O)C(=O)N2CCCC[C@H]2C(=O)O[C@H]([C@H](C)C[C@@H]2CC[C@@H](O)[C@H](OC)C2)CC(=O)[C@H](C)/C=C(\C)[C@@H](OC(C)(C)OC)[C@@H](OC)C(=O)[C@H](C)C[C@H](C)\C=C/C=C/C=C/1C. The van der Waals surface area contributed by atoms with E-state index < -0.39 is 77.4 Å². The van der Waals surface area contributed by atoms with E-state index in [0.29, 0.717) is 63.4 Å². The van der Waals surface area contributed by atoms with E-state index in [2.05, 4.69) is 5.32 Å². The van der Waals surface area contributed by atoms with Gasteiger partial charge >= 0.3 is 5.97 Å². The Morgan fingerprint density at radius 2 is 1.57 bits per heavy atom. The van der Waals surface area contributed by atoms with Crippen LogP contribution in [0.5, 0.6) is 0 Å². The molecule has 4 aliphatic rings. The molecule has 0 radical (unpaired) electrons. The number of carbonyl (C=O) groups excluding carboxylic acids is 5. The fourth-order valence-corrected chi connectivity index (χ4v) is 10.8. The highest BCUT2D eigenvalue weighted by Crippen LogP contribution is 2.36. The van der Waals surface area contributed by atoms with Crippen LogP contribution >= 0.6 is 0 Å². The van der Waals surface area contributed by atoms with Crippen LogP contribution in [0.2, 0.25) is 0 Å². The van der Waals surface area contributed by atoms with Gasteiger partial charge in [0.15, 0.2) is 17.3 Å². The lowest BCUT2D eigenvalue weighted by Gasteiger charge is -2.43. The zero-order valence-corrected chi connectivity index (χ0v) is 44.6. The van der Waals surface area contributed by atoms with Crippen LogP contribution in [0.25, 0.3) is 0 Å². The Labute approximate surface area is 418 Å². The Balaban J connectivity index is 1.77. The minimum atomic E-state index is -2.18. The number of aliphatic hydroxyl groups is 2. The number of Topliss-reactive ketones (excluding diaryl/α,β-unsaturated/α-hetero) is 3. The second-order valence-electron chi connectivity index (χ2n) is 21.5. The normalized spacial score (nSPS) is 38.6. The minimum Gasteiger partial charge on any atom is -0.460 e. The van der Waals surface area contributed by atoms with Crippen molar-refractivity contribution in [3.8, 4) is 0 Å². The number of hydrogen-bond acceptors (Lipinski definition) is 14. The number of piperidine rings is 2. The van der Waals surface area contributed by atoms with Gasteiger partial charge in [-0.15, -0.1) is 0 Å². The Hall–Kier alpha value is -3.41. The van der Waals surface area contributed by atoms with Crippen LogP contribution in [0.3, 0.4) is 0 Å². The summed E-state index contributed by atoms with van der Waals surface area (Å²) in [5.74, 6) is -6.12. The smallest absolute Gasteiger partial charge is 0.329 e. The van der Waals surface area contributed by atoms with Crippen molar-refractivity contribution in [1.82, 2.24) is 10.2 Å². The minimum absolute atomic E-state index is 0.0300. The van der Waals surface area contributed by atoms with Crippen molar-refractivity contribution < 1.29 is 62.6 Å².